The normalized spacial score (nSPS) is 10.6. The molecule has 2 rings (SSSR count). The van der Waals surface area contributed by atoms with E-state index >= 15 is 0 Å². The van der Waals surface area contributed by atoms with Gasteiger partial charge >= 0.3 is 0 Å². The van der Waals surface area contributed by atoms with Crippen molar-refractivity contribution >= 4 is 17.4 Å². The highest BCUT2D eigenvalue weighted by atomic mass is 35.5. The molecule has 0 saturated carbocycles. The molecule has 106 valence electrons. The molecule has 0 N–H and O–H groups in total. The molecule has 0 unspecified atom stereocenters. The Balaban J connectivity index is 1.90. The van der Waals surface area contributed by atoms with Gasteiger partial charge in [0.15, 0.2) is 0 Å². The fourth-order valence-electron chi connectivity index (χ4n) is 1.78. The number of carbonyl (C=O) groups excluding carboxylic acids is 1. The van der Waals surface area contributed by atoms with Gasteiger partial charge in [-0.25, -0.2) is 4.98 Å². The van der Waals surface area contributed by atoms with E-state index in [0.717, 1.165) is 23.6 Å². The molecule has 1 aromatic heterocycles. The van der Waals surface area contributed by atoms with Crippen molar-refractivity contribution in [1.82, 2.24) is 9.55 Å². The molecule has 0 bridgehead atoms. The maximum absolute atomic E-state index is 10.9. The lowest BCUT2D eigenvalue weighted by Gasteiger charge is -2.07. The molecule has 0 atom stereocenters. The van der Waals surface area contributed by atoms with E-state index in [9.17, 15) is 4.79 Å². The molecule has 2 aromatic rings. The van der Waals surface area contributed by atoms with Crippen LogP contribution in [0.25, 0.3) is 0 Å². The van der Waals surface area contributed by atoms with Gasteiger partial charge in [-0.15, -0.1) is 0 Å². The van der Waals surface area contributed by atoms with E-state index < -0.39 is 0 Å². The number of aromatic nitrogens is 2. The van der Waals surface area contributed by atoms with Crippen molar-refractivity contribution in [1.29, 1.82) is 0 Å². The van der Waals surface area contributed by atoms with Crippen LogP contribution in [0.15, 0.2) is 30.5 Å². The second-order valence-corrected chi connectivity index (χ2v) is 5.08. The Bertz CT molecular complexity index is 590. The number of benzene rings is 1. The van der Waals surface area contributed by atoms with Crippen molar-refractivity contribution in [3.8, 4) is 5.75 Å². The fraction of sp³-hybridized carbons (Fsp3) is 0.333. The van der Waals surface area contributed by atoms with Crippen LogP contribution in [0.4, 0.5) is 0 Å². The maximum Gasteiger partial charge on any atom is 0.147 e. The van der Waals surface area contributed by atoms with Gasteiger partial charge in [0.05, 0.1) is 6.20 Å². The van der Waals surface area contributed by atoms with Crippen molar-refractivity contribution in [3.63, 3.8) is 0 Å². The molecule has 20 heavy (non-hydrogen) atoms. The highest BCUT2D eigenvalue weighted by Gasteiger charge is 2.05. The Labute approximate surface area is 123 Å². The summed E-state index contributed by atoms with van der Waals surface area (Å²) < 4.78 is 7.44. The molecular weight excluding hydrogens is 276 g/mol. The number of aryl methyl sites for hydroxylation is 1. The van der Waals surface area contributed by atoms with Crippen LogP contribution in [-0.4, -0.2) is 15.3 Å². The lowest BCUT2D eigenvalue weighted by atomic mass is 10.1. The van der Waals surface area contributed by atoms with E-state index in [4.69, 9.17) is 16.3 Å². The Morgan fingerprint density at radius 1 is 1.35 bits per heavy atom. The molecule has 0 aliphatic carbocycles. The molecular formula is C15H17ClN2O2. The van der Waals surface area contributed by atoms with Crippen LogP contribution in [0, 0.1) is 0 Å². The molecule has 0 radical (unpaired) electrons. The number of ether oxygens (including phenoxy) is 1. The van der Waals surface area contributed by atoms with Gasteiger partial charge in [-0.3, -0.25) is 0 Å². The van der Waals surface area contributed by atoms with Crippen LogP contribution in [0.3, 0.4) is 0 Å². The molecule has 0 spiro atoms. The van der Waals surface area contributed by atoms with Crippen molar-refractivity contribution in [2.24, 2.45) is 7.05 Å². The van der Waals surface area contributed by atoms with Gasteiger partial charge < -0.3 is 14.1 Å². The molecule has 5 heteroatoms. The summed E-state index contributed by atoms with van der Waals surface area (Å²) in [6.45, 7) is 1.98. The first-order chi connectivity index (χ1) is 9.56. The summed E-state index contributed by atoms with van der Waals surface area (Å²) >= 11 is 5.91. The monoisotopic (exact) mass is 292 g/mol. The maximum atomic E-state index is 10.9. The topological polar surface area (TPSA) is 44.1 Å². The van der Waals surface area contributed by atoms with Crippen molar-refractivity contribution in [2.75, 3.05) is 0 Å². The van der Waals surface area contributed by atoms with Crippen LogP contribution in [0.5, 0.6) is 5.75 Å². The predicted octanol–water partition coefficient (Wildman–Crippen LogP) is 3.17. The molecule has 0 saturated heterocycles. The van der Waals surface area contributed by atoms with E-state index in [-0.39, 0.29) is 5.78 Å². The van der Waals surface area contributed by atoms with Gasteiger partial charge in [0.25, 0.3) is 0 Å². The minimum absolute atomic E-state index is 0.206. The summed E-state index contributed by atoms with van der Waals surface area (Å²) in [6.07, 6.45) is 2.95. The smallest absolute Gasteiger partial charge is 0.147 e. The van der Waals surface area contributed by atoms with Crippen molar-refractivity contribution < 1.29 is 9.53 Å². The van der Waals surface area contributed by atoms with Gasteiger partial charge in [0.2, 0.25) is 0 Å². The summed E-state index contributed by atoms with van der Waals surface area (Å²) in [4.78, 5) is 15.1. The zero-order valence-electron chi connectivity index (χ0n) is 11.6. The van der Waals surface area contributed by atoms with Crippen LogP contribution >= 0.6 is 11.6 Å². The Morgan fingerprint density at radius 2 is 2.05 bits per heavy atom. The number of rotatable bonds is 6. The largest absolute Gasteiger partial charge is 0.486 e. The standard InChI is InChI=1S/C15H17ClN2O2/c1-11(19)3-4-12-5-7-13(8-6-12)20-10-15-17-9-14(16)18(15)2/h5-9H,3-4,10H2,1-2H3. The molecule has 1 heterocycles. The summed E-state index contributed by atoms with van der Waals surface area (Å²) in [5, 5.41) is 0.586. The number of carbonyl (C=O) groups is 1. The first kappa shape index (κ1) is 14.6. The first-order valence-corrected chi connectivity index (χ1v) is 6.81. The summed E-state index contributed by atoms with van der Waals surface area (Å²) in [5.41, 5.74) is 1.13. The quantitative estimate of drug-likeness (QED) is 0.821. The number of Topliss-reactive ketones (excluding diaryl/α,β-unsaturated/α-hetero) is 1. The lowest BCUT2D eigenvalue weighted by Crippen LogP contribution is -2.03. The Kier molecular flexibility index (Phi) is 4.79. The number of imidazole rings is 1. The third-order valence-electron chi connectivity index (χ3n) is 3.08. The number of hydrogen-bond acceptors (Lipinski definition) is 3. The van der Waals surface area contributed by atoms with Crippen LogP contribution in [0.2, 0.25) is 5.15 Å². The van der Waals surface area contributed by atoms with Gasteiger partial charge in [-0.1, -0.05) is 23.7 Å². The van der Waals surface area contributed by atoms with Crippen molar-refractivity contribution in [2.45, 2.75) is 26.4 Å². The zero-order valence-corrected chi connectivity index (χ0v) is 12.4. The third-order valence-corrected chi connectivity index (χ3v) is 3.44. The number of hydrogen-bond donors (Lipinski definition) is 0. The Morgan fingerprint density at radius 3 is 2.60 bits per heavy atom. The second-order valence-electron chi connectivity index (χ2n) is 4.69. The summed E-state index contributed by atoms with van der Waals surface area (Å²) in [6, 6.07) is 7.76. The van der Waals surface area contributed by atoms with Crippen molar-refractivity contribution in [3.05, 3.63) is 47.0 Å². The molecule has 0 aliphatic heterocycles. The minimum atomic E-state index is 0.206. The average molecular weight is 293 g/mol. The molecule has 0 aliphatic rings. The number of nitrogens with zero attached hydrogens (tertiary/aromatic N) is 2. The van der Waals surface area contributed by atoms with E-state index in [0.29, 0.717) is 18.2 Å². The molecule has 1 aromatic carbocycles. The van der Waals surface area contributed by atoms with E-state index in [1.165, 1.54) is 0 Å². The lowest BCUT2D eigenvalue weighted by molar-refractivity contribution is -0.116. The van der Waals surface area contributed by atoms with Gasteiger partial charge in [-0.2, -0.15) is 0 Å². The zero-order chi connectivity index (χ0) is 14.5. The molecule has 0 amide bonds. The van der Waals surface area contributed by atoms with Gasteiger partial charge in [-0.05, 0) is 31.0 Å². The van der Waals surface area contributed by atoms with Crippen LogP contribution in [0.1, 0.15) is 24.7 Å². The highest BCUT2D eigenvalue weighted by Crippen LogP contribution is 2.16. The first-order valence-electron chi connectivity index (χ1n) is 6.43. The third kappa shape index (κ3) is 3.84. The Hall–Kier alpha value is -1.81. The predicted molar refractivity (Wildman–Crippen MR) is 78.0 cm³/mol. The van der Waals surface area contributed by atoms with E-state index in [1.807, 2.05) is 31.3 Å². The van der Waals surface area contributed by atoms with Crippen LogP contribution in [-0.2, 0) is 24.9 Å². The number of halogens is 1. The van der Waals surface area contributed by atoms with E-state index in [2.05, 4.69) is 4.98 Å². The number of ketones is 1. The van der Waals surface area contributed by atoms with Gasteiger partial charge in [0, 0.05) is 13.5 Å². The summed E-state index contributed by atoms with van der Waals surface area (Å²) in [5.74, 6) is 1.75. The average Bonchev–Trinajstić information content (AvgIpc) is 2.75. The van der Waals surface area contributed by atoms with Gasteiger partial charge in [0.1, 0.15) is 29.1 Å². The molecule has 4 nitrogen and oxygen atoms in total. The SMILES string of the molecule is CC(=O)CCc1ccc(OCc2ncc(Cl)n2C)cc1. The second kappa shape index (κ2) is 6.57. The minimum Gasteiger partial charge on any atom is -0.486 e. The highest BCUT2D eigenvalue weighted by molar-refractivity contribution is 6.29. The fourth-order valence-corrected chi connectivity index (χ4v) is 1.93. The summed E-state index contributed by atoms with van der Waals surface area (Å²) in [7, 11) is 1.85. The van der Waals surface area contributed by atoms with Crippen LogP contribution < -0.4 is 4.74 Å². The van der Waals surface area contributed by atoms with E-state index in [1.54, 1.807) is 17.7 Å². The molecule has 0 fully saturated rings.